The second-order valence-corrected chi connectivity index (χ2v) is 4.40. The molecule has 1 amide bonds. The maximum absolute atomic E-state index is 12.3. The highest BCUT2D eigenvalue weighted by Crippen LogP contribution is 2.37. The zero-order valence-electron chi connectivity index (χ0n) is 9.68. The fourth-order valence-corrected chi connectivity index (χ4v) is 2.34. The van der Waals surface area contributed by atoms with Gasteiger partial charge in [0.05, 0.1) is 10.1 Å². The van der Waals surface area contributed by atoms with E-state index in [1.165, 1.54) is 24.9 Å². The molecule has 0 atom stereocenters. The van der Waals surface area contributed by atoms with Gasteiger partial charge in [-0.05, 0) is 23.7 Å². The molecule has 2 rings (SSSR count). The van der Waals surface area contributed by atoms with Gasteiger partial charge >= 0.3 is 6.61 Å². The Hall–Kier alpha value is -1.76. The summed E-state index contributed by atoms with van der Waals surface area (Å²) in [7, 11) is 1.54. The van der Waals surface area contributed by atoms with Crippen molar-refractivity contribution in [2.24, 2.45) is 0 Å². The highest BCUT2D eigenvalue weighted by molar-refractivity contribution is 7.13. The normalized spacial score (nSPS) is 10.9. The largest absolute Gasteiger partial charge is 0.434 e. The Balaban J connectivity index is 2.58. The second kappa shape index (κ2) is 4.85. The zero-order chi connectivity index (χ0) is 13.3. The van der Waals surface area contributed by atoms with E-state index in [-0.39, 0.29) is 11.7 Å². The van der Waals surface area contributed by atoms with Crippen LogP contribution < -0.4 is 9.64 Å². The number of alkyl halides is 2. The molecule has 0 aliphatic carbocycles. The molecule has 4 nitrogen and oxygen atoms in total. The van der Waals surface area contributed by atoms with Crippen molar-refractivity contribution < 1.29 is 18.3 Å². The Labute approximate surface area is 106 Å². The summed E-state index contributed by atoms with van der Waals surface area (Å²) in [6.07, 6.45) is 0. The quantitative estimate of drug-likeness (QED) is 0.862. The van der Waals surface area contributed by atoms with E-state index < -0.39 is 6.61 Å². The second-order valence-electron chi connectivity index (χ2n) is 3.59. The molecule has 0 unspecified atom stereocenters. The Morgan fingerprint density at radius 1 is 1.50 bits per heavy atom. The molecule has 0 saturated heterocycles. The summed E-state index contributed by atoms with van der Waals surface area (Å²) in [4.78, 5) is 12.6. The van der Waals surface area contributed by atoms with E-state index in [2.05, 4.69) is 9.11 Å². The van der Waals surface area contributed by atoms with Gasteiger partial charge in [0.2, 0.25) is 5.91 Å². The van der Waals surface area contributed by atoms with Crippen LogP contribution in [0.3, 0.4) is 0 Å². The average molecular weight is 272 g/mol. The Bertz CT molecular complexity index is 585. The maximum Gasteiger partial charge on any atom is 0.387 e. The molecule has 1 heterocycles. The summed E-state index contributed by atoms with van der Waals surface area (Å²) in [5.41, 5.74) is 0. The molecule has 0 aliphatic rings. The molecule has 18 heavy (non-hydrogen) atoms. The zero-order valence-corrected chi connectivity index (χ0v) is 10.5. The summed E-state index contributed by atoms with van der Waals surface area (Å²) >= 11 is 1.13. The molecule has 1 aromatic carbocycles. The molecule has 0 N–H and O–H groups in total. The number of ether oxygens (including phenoxy) is 1. The van der Waals surface area contributed by atoms with Crippen LogP contribution in [0.1, 0.15) is 6.92 Å². The van der Waals surface area contributed by atoms with E-state index in [0.717, 1.165) is 11.5 Å². The lowest BCUT2D eigenvalue weighted by Gasteiger charge is -2.13. The predicted molar refractivity (Wildman–Crippen MR) is 65.3 cm³/mol. The molecule has 96 valence electrons. The number of nitrogens with zero attached hydrogens (tertiary/aromatic N) is 2. The van der Waals surface area contributed by atoms with Crippen LogP contribution in [0.5, 0.6) is 5.75 Å². The Morgan fingerprint density at radius 3 is 2.83 bits per heavy atom. The number of fused-ring (bicyclic) bond motifs is 1. The van der Waals surface area contributed by atoms with Crippen molar-refractivity contribution in [3.63, 3.8) is 0 Å². The summed E-state index contributed by atoms with van der Waals surface area (Å²) in [6.45, 7) is -1.53. The van der Waals surface area contributed by atoms with Gasteiger partial charge in [0, 0.05) is 14.0 Å². The van der Waals surface area contributed by atoms with Gasteiger partial charge in [0.25, 0.3) is 0 Å². The van der Waals surface area contributed by atoms with E-state index in [1.54, 1.807) is 12.1 Å². The number of rotatable bonds is 3. The minimum absolute atomic E-state index is 0.0272. The topological polar surface area (TPSA) is 42.4 Å². The summed E-state index contributed by atoms with van der Waals surface area (Å²) in [5, 5.41) is 0.431. The fourth-order valence-electron chi connectivity index (χ4n) is 1.52. The number of anilines is 1. The molecule has 0 spiro atoms. The third kappa shape index (κ3) is 2.26. The highest BCUT2D eigenvalue weighted by Gasteiger charge is 2.19. The first kappa shape index (κ1) is 12.7. The van der Waals surface area contributed by atoms with E-state index >= 15 is 0 Å². The first-order valence-corrected chi connectivity index (χ1v) is 5.85. The van der Waals surface area contributed by atoms with Crippen LogP contribution in [0.15, 0.2) is 18.2 Å². The van der Waals surface area contributed by atoms with Crippen molar-refractivity contribution in [2.75, 3.05) is 11.9 Å². The average Bonchev–Trinajstić information content (AvgIpc) is 2.72. The lowest BCUT2D eigenvalue weighted by atomic mass is 10.2. The van der Waals surface area contributed by atoms with Crippen LogP contribution in [-0.4, -0.2) is 23.9 Å². The van der Waals surface area contributed by atoms with Gasteiger partial charge in [-0.25, -0.2) is 0 Å². The number of halogens is 2. The third-order valence-electron chi connectivity index (χ3n) is 2.45. The number of amides is 1. The number of hydrogen-bond donors (Lipinski definition) is 0. The number of aromatic nitrogens is 1. The van der Waals surface area contributed by atoms with E-state index in [1.807, 2.05) is 0 Å². The highest BCUT2D eigenvalue weighted by atomic mass is 32.1. The van der Waals surface area contributed by atoms with Crippen LogP contribution in [0, 0.1) is 0 Å². The SMILES string of the molecule is CC(=O)N(C)c1nsc2cccc(OC(F)F)c12. The smallest absolute Gasteiger partial charge is 0.387 e. The van der Waals surface area contributed by atoms with Crippen LogP contribution in [0.4, 0.5) is 14.6 Å². The van der Waals surface area contributed by atoms with Gasteiger partial charge < -0.3 is 4.74 Å². The van der Waals surface area contributed by atoms with E-state index in [0.29, 0.717) is 15.9 Å². The van der Waals surface area contributed by atoms with Crippen LogP contribution in [-0.2, 0) is 4.79 Å². The van der Waals surface area contributed by atoms with Gasteiger partial charge in [0.15, 0.2) is 5.82 Å². The van der Waals surface area contributed by atoms with Gasteiger partial charge in [-0.2, -0.15) is 13.2 Å². The first-order valence-electron chi connectivity index (χ1n) is 5.08. The van der Waals surface area contributed by atoms with E-state index in [4.69, 9.17) is 0 Å². The van der Waals surface area contributed by atoms with Crippen molar-refractivity contribution in [3.8, 4) is 5.75 Å². The summed E-state index contributed by atoms with van der Waals surface area (Å²) in [6, 6.07) is 4.78. The third-order valence-corrected chi connectivity index (χ3v) is 3.25. The lowest BCUT2D eigenvalue weighted by molar-refractivity contribution is -0.116. The van der Waals surface area contributed by atoms with Gasteiger partial charge in [-0.1, -0.05) is 6.07 Å². The predicted octanol–water partition coefficient (Wildman–Crippen LogP) is 2.88. The number of carbonyl (C=O) groups is 1. The molecule has 7 heteroatoms. The first-order chi connectivity index (χ1) is 8.50. The van der Waals surface area contributed by atoms with Crippen molar-refractivity contribution >= 4 is 33.3 Å². The van der Waals surface area contributed by atoms with Crippen molar-refractivity contribution in [3.05, 3.63) is 18.2 Å². The fraction of sp³-hybridized carbons (Fsp3) is 0.273. The number of benzene rings is 1. The van der Waals surface area contributed by atoms with Crippen molar-refractivity contribution in [1.82, 2.24) is 4.37 Å². The molecular formula is C11H10F2N2O2S. The summed E-state index contributed by atoms with van der Waals surface area (Å²) < 4.78 is 33.9. The molecular weight excluding hydrogens is 262 g/mol. The van der Waals surface area contributed by atoms with Crippen molar-refractivity contribution in [2.45, 2.75) is 13.5 Å². The van der Waals surface area contributed by atoms with Crippen LogP contribution >= 0.6 is 11.5 Å². The lowest BCUT2D eigenvalue weighted by Crippen LogP contribution is -2.23. The molecule has 0 radical (unpaired) electrons. The number of hydrogen-bond acceptors (Lipinski definition) is 4. The minimum atomic E-state index is -2.91. The molecule has 1 aromatic heterocycles. The number of carbonyl (C=O) groups excluding carboxylic acids is 1. The van der Waals surface area contributed by atoms with Gasteiger partial charge in [0.1, 0.15) is 5.75 Å². The molecule has 0 saturated carbocycles. The standard InChI is InChI=1S/C11H10F2N2O2S/c1-6(16)15(2)10-9-7(17-11(12)13)4-3-5-8(9)18-14-10/h3-5,11H,1-2H3. The van der Waals surface area contributed by atoms with Crippen LogP contribution in [0.2, 0.25) is 0 Å². The molecule has 0 aliphatic heterocycles. The maximum atomic E-state index is 12.3. The minimum Gasteiger partial charge on any atom is -0.434 e. The van der Waals surface area contributed by atoms with Crippen LogP contribution in [0.25, 0.3) is 10.1 Å². The van der Waals surface area contributed by atoms with Gasteiger partial charge in [-0.3, -0.25) is 9.69 Å². The Kier molecular flexibility index (Phi) is 3.42. The molecule has 0 fully saturated rings. The van der Waals surface area contributed by atoms with E-state index in [9.17, 15) is 13.6 Å². The van der Waals surface area contributed by atoms with Gasteiger partial charge in [-0.15, -0.1) is 0 Å². The molecule has 2 aromatic rings. The Morgan fingerprint density at radius 2 is 2.22 bits per heavy atom. The molecule has 0 bridgehead atoms. The summed E-state index contributed by atoms with van der Waals surface area (Å²) in [5.74, 6) is 0.132. The van der Waals surface area contributed by atoms with Crippen molar-refractivity contribution in [1.29, 1.82) is 0 Å². The monoisotopic (exact) mass is 272 g/mol.